The van der Waals surface area contributed by atoms with E-state index < -0.39 is 0 Å². The van der Waals surface area contributed by atoms with E-state index in [-0.39, 0.29) is 18.8 Å². The van der Waals surface area contributed by atoms with Crippen molar-refractivity contribution >= 4 is 45.1 Å². The molecule has 1 unspecified atom stereocenters. The molecule has 0 N–H and O–H groups in total. The lowest BCUT2D eigenvalue weighted by atomic mass is 10.1. The molecule has 0 bridgehead atoms. The Morgan fingerprint density at radius 1 is 1.15 bits per heavy atom. The Bertz CT molecular complexity index is 1210. The van der Waals surface area contributed by atoms with Crippen LogP contribution < -0.4 is 23.8 Å². The fraction of sp³-hybridized carbons (Fsp3) is 0.333. The van der Waals surface area contributed by atoms with Gasteiger partial charge in [0.1, 0.15) is 0 Å². The zero-order valence-corrected chi connectivity index (χ0v) is 20.5. The first-order valence-corrected chi connectivity index (χ1v) is 11.7. The first kappa shape index (κ1) is 22.0. The summed E-state index contributed by atoms with van der Waals surface area (Å²) < 4.78 is 28.6. The molecule has 1 amide bonds. The highest BCUT2D eigenvalue weighted by molar-refractivity contribution is 14.1. The third-order valence-corrected chi connectivity index (χ3v) is 6.76. The van der Waals surface area contributed by atoms with E-state index in [4.69, 9.17) is 23.7 Å². The molecule has 3 aromatic rings. The van der Waals surface area contributed by atoms with E-state index >= 15 is 0 Å². The molecule has 2 aromatic carbocycles. The molecule has 8 nitrogen and oxygen atoms in total. The lowest BCUT2D eigenvalue weighted by molar-refractivity contribution is 0.0917. The third kappa shape index (κ3) is 4.15. The standard InChI is InChI=1S/C24H23IN2O6/c1-29-20-8-15(17(25)10-21(20)30-2)24(28)27(12-14-4-3-7-31-14)19-5-6-26-18-11-23-22(9-16(18)19)32-13-33-23/h5-6,8-11,14H,3-4,7,12-13H2,1-2H3. The van der Waals surface area contributed by atoms with E-state index in [0.29, 0.717) is 41.7 Å². The highest BCUT2D eigenvalue weighted by Crippen LogP contribution is 2.40. The highest BCUT2D eigenvalue weighted by atomic mass is 127. The quantitative estimate of drug-likeness (QED) is 0.412. The molecule has 1 fully saturated rings. The van der Waals surface area contributed by atoms with E-state index in [0.717, 1.165) is 33.0 Å². The fourth-order valence-electron chi connectivity index (χ4n) is 4.20. The molecular weight excluding hydrogens is 539 g/mol. The second-order valence-electron chi connectivity index (χ2n) is 7.79. The molecule has 5 rings (SSSR count). The molecule has 1 atom stereocenters. The van der Waals surface area contributed by atoms with Gasteiger partial charge in [-0.3, -0.25) is 9.78 Å². The van der Waals surface area contributed by atoms with Gasteiger partial charge in [0.2, 0.25) is 6.79 Å². The molecule has 0 saturated carbocycles. The number of amides is 1. The van der Waals surface area contributed by atoms with Crippen molar-refractivity contribution in [2.24, 2.45) is 0 Å². The van der Waals surface area contributed by atoms with Crippen LogP contribution in [0.3, 0.4) is 0 Å². The Morgan fingerprint density at radius 3 is 2.64 bits per heavy atom. The van der Waals surface area contributed by atoms with Crippen molar-refractivity contribution in [1.82, 2.24) is 4.98 Å². The lowest BCUT2D eigenvalue weighted by Gasteiger charge is -2.27. The molecule has 172 valence electrons. The van der Waals surface area contributed by atoms with Crippen molar-refractivity contribution in [1.29, 1.82) is 0 Å². The van der Waals surface area contributed by atoms with E-state index in [1.54, 1.807) is 37.4 Å². The molecule has 2 aliphatic heterocycles. The zero-order chi connectivity index (χ0) is 22.9. The number of nitrogens with zero attached hydrogens (tertiary/aromatic N) is 2. The molecular formula is C24H23IN2O6. The second kappa shape index (κ2) is 9.22. The number of benzene rings is 2. The van der Waals surface area contributed by atoms with E-state index in [2.05, 4.69) is 27.6 Å². The monoisotopic (exact) mass is 562 g/mol. The summed E-state index contributed by atoms with van der Waals surface area (Å²) in [5.74, 6) is 2.22. The van der Waals surface area contributed by atoms with Gasteiger partial charge in [-0.05, 0) is 59.7 Å². The fourth-order valence-corrected chi connectivity index (χ4v) is 4.87. The van der Waals surface area contributed by atoms with Crippen molar-refractivity contribution in [2.45, 2.75) is 18.9 Å². The van der Waals surface area contributed by atoms with Crippen LogP contribution in [0, 0.1) is 3.57 Å². The molecule has 1 aromatic heterocycles. The minimum atomic E-state index is -0.152. The molecule has 0 spiro atoms. The Balaban J connectivity index is 1.62. The first-order chi connectivity index (χ1) is 16.1. The number of aromatic nitrogens is 1. The number of pyridine rings is 1. The van der Waals surface area contributed by atoms with Crippen molar-refractivity contribution in [3.63, 3.8) is 0 Å². The van der Waals surface area contributed by atoms with Gasteiger partial charge in [0.15, 0.2) is 23.0 Å². The van der Waals surface area contributed by atoms with Gasteiger partial charge in [-0.1, -0.05) is 0 Å². The predicted molar refractivity (Wildman–Crippen MR) is 131 cm³/mol. The third-order valence-electron chi connectivity index (χ3n) is 5.86. The van der Waals surface area contributed by atoms with E-state index in [1.807, 2.05) is 18.2 Å². The largest absolute Gasteiger partial charge is 0.493 e. The van der Waals surface area contributed by atoms with E-state index in [9.17, 15) is 4.79 Å². The average Bonchev–Trinajstić information content (AvgIpc) is 3.51. The normalized spacial score (nSPS) is 16.8. The number of hydrogen-bond acceptors (Lipinski definition) is 7. The first-order valence-electron chi connectivity index (χ1n) is 10.6. The van der Waals surface area contributed by atoms with Crippen molar-refractivity contribution in [2.75, 3.05) is 39.1 Å². The van der Waals surface area contributed by atoms with E-state index in [1.165, 1.54) is 0 Å². The number of methoxy groups -OCH3 is 2. The molecule has 1 saturated heterocycles. The number of hydrogen-bond donors (Lipinski definition) is 0. The van der Waals surface area contributed by atoms with Crippen molar-refractivity contribution < 1.29 is 28.5 Å². The summed E-state index contributed by atoms with van der Waals surface area (Å²) in [5.41, 5.74) is 1.99. The highest BCUT2D eigenvalue weighted by Gasteiger charge is 2.29. The summed E-state index contributed by atoms with van der Waals surface area (Å²) in [6.07, 6.45) is 3.55. The maximum Gasteiger partial charge on any atom is 0.259 e. The maximum atomic E-state index is 14.0. The topological polar surface area (TPSA) is 79.4 Å². The zero-order valence-electron chi connectivity index (χ0n) is 18.3. The van der Waals surface area contributed by atoms with Crippen molar-refractivity contribution in [3.8, 4) is 23.0 Å². The van der Waals surface area contributed by atoms with Crippen LogP contribution in [0.1, 0.15) is 23.2 Å². The predicted octanol–water partition coefficient (Wildman–Crippen LogP) is 4.41. The van der Waals surface area contributed by atoms with Gasteiger partial charge in [-0.15, -0.1) is 0 Å². The van der Waals surface area contributed by atoms with Gasteiger partial charge >= 0.3 is 0 Å². The molecule has 3 heterocycles. The Morgan fingerprint density at radius 2 is 1.91 bits per heavy atom. The summed E-state index contributed by atoms with van der Waals surface area (Å²) in [6.45, 7) is 1.30. The molecule has 2 aliphatic rings. The number of fused-ring (bicyclic) bond motifs is 2. The van der Waals surface area contributed by atoms with Crippen LogP contribution in [0.2, 0.25) is 0 Å². The Labute approximate surface area is 204 Å². The van der Waals surface area contributed by atoms with Crippen LogP contribution >= 0.6 is 22.6 Å². The van der Waals surface area contributed by atoms with Crippen LogP contribution in [0.4, 0.5) is 5.69 Å². The van der Waals surface area contributed by atoms with Crippen LogP contribution in [-0.2, 0) is 4.74 Å². The average molecular weight is 562 g/mol. The second-order valence-corrected chi connectivity index (χ2v) is 8.95. The number of halogens is 1. The number of carbonyl (C=O) groups excluding carboxylic acids is 1. The summed E-state index contributed by atoms with van der Waals surface area (Å²) in [5, 5.41) is 0.809. The maximum absolute atomic E-state index is 14.0. The SMILES string of the molecule is COc1cc(I)c(C(=O)N(CC2CCCO2)c2ccnc3cc4c(cc23)OCO4)cc1OC. The lowest BCUT2D eigenvalue weighted by Crippen LogP contribution is -2.38. The van der Waals surface area contributed by atoms with Gasteiger partial charge in [-0.2, -0.15) is 0 Å². The Kier molecular flexibility index (Phi) is 6.15. The number of rotatable bonds is 6. The number of ether oxygens (including phenoxy) is 5. The smallest absolute Gasteiger partial charge is 0.259 e. The summed E-state index contributed by atoms with van der Waals surface area (Å²) in [7, 11) is 3.13. The minimum absolute atomic E-state index is 0.0380. The number of anilines is 1. The van der Waals surface area contributed by atoms with Crippen LogP contribution in [-0.4, -0.2) is 51.2 Å². The molecule has 33 heavy (non-hydrogen) atoms. The minimum Gasteiger partial charge on any atom is -0.493 e. The van der Waals surface area contributed by atoms with Crippen molar-refractivity contribution in [3.05, 3.63) is 45.7 Å². The van der Waals surface area contributed by atoms with Gasteiger partial charge < -0.3 is 28.6 Å². The Hall–Kier alpha value is -2.79. The van der Waals surface area contributed by atoms with Crippen LogP contribution in [0.5, 0.6) is 23.0 Å². The van der Waals surface area contributed by atoms with Crippen LogP contribution in [0.25, 0.3) is 10.9 Å². The van der Waals surface area contributed by atoms with Gasteiger partial charge in [0.25, 0.3) is 5.91 Å². The van der Waals surface area contributed by atoms with Gasteiger partial charge in [-0.25, -0.2) is 0 Å². The summed E-state index contributed by atoms with van der Waals surface area (Å²) in [4.78, 5) is 20.3. The molecule has 0 aliphatic carbocycles. The molecule has 9 heteroatoms. The summed E-state index contributed by atoms with van der Waals surface area (Å²) in [6, 6.07) is 9.11. The molecule has 0 radical (unpaired) electrons. The van der Waals surface area contributed by atoms with Gasteiger partial charge in [0, 0.05) is 27.8 Å². The number of carbonyl (C=O) groups is 1. The van der Waals surface area contributed by atoms with Crippen LogP contribution in [0.15, 0.2) is 36.5 Å². The summed E-state index contributed by atoms with van der Waals surface area (Å²) >= 11 is 2.15. The van der Waals surface area contributed by atoms with Gasteiger partial charge in [0.05, 0.1) is 43.6 Å².